The second-order valence-corrected chi connectivity index (χ2v) is 7.92. The third-order valence-corrected chi connectivity index (χ3v) is 5.49. The number of Topliss-reactive ketones (excluding diaryl/α,β-unsaturated/α-hetero) is 1. The van der Waals surface area contributed by atoms with Crippen LogP contribution < -0.4 is 4.72 Å². The Balaban J connectivity index is 1.99. The van der Waals surface area contributed by atoms with Crippen LogP contribution >= 0.6 is 0 Å². The predicted octanol–water partition coefficient (Wildman–Crippen LogP) is 2.98. The van der Waals surface area contributed by atoms with Crippen molar-refractivity contribution >= 4 is 21.8 Å². The molecular weight excluding hydrogens is 366 g/mol. The number of hydrogen-bond acceptors (Lipinski definition) is 5. The summed E-state index contributed by atoms with van der Waals surface area (Å²) in [7, 11) is -2.38. The van der Waals surface area contributed by atoms with Gasteiger partial charge >= 0.3 is 5.97 Å². The van der Waals surface area contributed by atoms with Gasteiger partial charge in [-0.15, -0.1) is 0 Å². The number of carbonyl (C=O) groups is 2. The molecule has 2 aromatic carbocycles. The maximum atomic E-state index is 12.2. The van der Waals surface area contributed by atoms with Gasteiger partial charge in [-0.05, 0) is 43.7 Å². The second-order valence-electron chi connectivity index (χ2n) is 6.04. The Labute approximate surface area is 159 Å². The van der Waals surface area contributed by atoms with Crippen LogP contribution in [-0.2, 0) is 21.2 Å². The van der Waals surface area contributed by atoms with Gasteiger partial charge in [0.1, 0.15) is 0 Å². The fourth-order valence-corrected chi connectivity index (χ4v) is 3.22. The Hall–Kier alpha value is -2.51. The first kappa shape index (κ1) is 20.8. The number of hydrogen-bond donors (Lipinski definition) is 1. The highest BCUT2D eigenvalue weighted by atomic mass is 32.2. The van der Waals surface area contributed by atoms with Gasteiger partial charge in [0.25, 0.3) is 0 Å². The Kier molecular flexibility index (Phi) is 7.27. The Morgan fingerprint density at radius 3 is 2.37 bits per heavy atom. The lowest BCUT2D eigenvalue weighted by molar-refractivity contribution is 0.0474. The number of ether oxygens (including phenoxy) is 1. The van der Waals surface area contributed by atoms with Crippen molar-refractivity contribution in [1.29, 1.82) is 0 Å². The molecule has 27 heavy (non-hydrogen) atoms. The molecule has 0 unspecified atom stereocenters. The monoisotopic (exact) mass is 389 g/mol. The Morgan fingerprint density at radius 2 is 1.74 bits per heavy atom. The van der Waals surface area contributed by atoms with Crippen LogP contribution in [0.25, 0.3) is 0 Å². The molecule has 144 valence electrons. The van der Waals surface area contributed by atoms with Crippen molar-refractivity contribution in [2.45, 2.75) is 31.1 Å². The average Bonchev–Trinajstić information content (AvgIpc) is 2.70. The van der Waals surface area contributed by atoms with Gasteiger partial charge < -0.3 is 4.74 Å². The highest BCUT2D eigenvalue weighted by Crippen LogP contribution is 2.13. The molecule has 1 N–H and O–H groups in total. The molecule has 0 aliphatic carbocycles. The lowest BCUT2D eigenvalue weighted by atomic mass is 10.0. The van der Waals surface area contributed by atoms with Gasteiger partial charge in [-0.2, -0.15) is 0 Å². The predicted molar refractivity (Wildman–Crippen MR) is 102 cm³/mol. The molecule has 2 rings (SSSR count). The van der Waals surface area contributed by atoms with Crippen molar-refractivity contribution in [2.75, 3.05) is 13.7 Å². The van der Waals surface area contributed by atoms with E-state index in [9.17, 15) is 18.0 Å². The first-order valence-electron chi connectivity index (χ1n) is 8.70. The third kappa shape index (κ3) is 5.74. The lowest BCUT2D eigenvalue weighted by Crippen LogP contribution is -2.19. The third-order valence-electron chi connectivity index (χ3n) is 4.08. The number of carbonyl (C=O) groups excluding carboxylic acids is 2. The van der Waals surface area contributed by atoms with E-state index in [4.69, 9.17) is 4.74 Å². The largest absolute Gasteiger partial charge is 0.454 e. The molecule has 0 aromatic heterocycles. The average molecular weight is 389 g/mol. The van der Waals surface area contributed by atoms with Crippen molar-refractivity contribution < 1.29 is 22.7 Å². The molecule has 7 heteroatoms. The standard InChI is InChI=1S/C20H23NO5S/c1-3-4-6-15-9-11-16(12-10-15)19(22)14-26-20(23)17-7-5-8-18(13-17)27(24,25)21-2/h5,7-13,21H,3-4,6,14H2,1-2H3. The molecular formula is C20H23NO5S. The molecule has 2 aromatic rings. The SMILES string of the molecule is CCCCc1ccc(C(=O)COC(=O)c2cccc(S(=O)(=O)NC)c2)cc1. The van der Waals surface area contributed by atoms with E-state index in [0.29, 0.717) is 5.56 Å². The minimum absolute atomic E-state index is 0.0477. The maximum absolute atomic E-state index is 12.2. The second kappa shape index (κ2) is 9.43. The number of unbranched alkanes of at least 4 members (excludes halogenated alkanes) is 1. The van der Waals surface area contributed by atoms with Gasteiger partial charge in [0, 0.05) is 5.56 Å². The molecule has 6 nitrogen and oxygen atoms in total. The van der Waals surface area contributed by atoms with E-state index < -0.39 is 22.6 Å². The number of ketones is 1. The van der Waals surface area contributed by atoms with E-state index in [-0.39, 0.29) is 16.2 Å². The zero-order chi connectivity index (χ0) is 19.9. The van der Waals surface area contributed by atoms with Gasteiger partial charge in [0.2, 0.25) is 10.0 Å². The van der Waals surface area contributed by atoms with Crippen molar-refractivity contribution in [3.8, 4) is 0 Å². The number of sulfonamides is 1. The molecule has 0 bridgehead atoms. The summed E-state index contributed by atoms with van der Waals surface area (Å²) in [5.74, 6) is -1.07. The number of aryl methyl sites for hydroxylation is 1. The molecule has 0 aliphatic heterocycles. The Morgan fingerprint density at radius 1 is 1.04 bits per heavy atom. The minimum atomic E-state index is -3.66. The van der Waals surface area contributed by atoms with Crippen LogP contribution in [0.3, 0.4) is 0 Å². The van der Waals surface area contributed by atoms with Gasteiger partial charge in [-0.25, -0.2) is 17.9 Å². The van der Waals surface area contributed by atoms with Crippen LogP contribution in [0.5, 0.6) is 0 Å². The number of esters is 1. The van der Waals surface area contributed by atoms with E-state index in [2.05, 4.69) is 11.6 Å². The van der Waals surface area contributed by atoms with E-state index in [1.54, 1.807) is 12.1 Å². The van der Waals surface area contributed by atoms with Gasteiger partial charge in [0.15, 0.2) is 12.4 Å². The first-order chi connectivity index (χ1) is 12.9. The minimum Gasteiger partial charge on any atom is -0.454 e. The molecule has 0 heterocycles. The summed E-state index contributed by atoms with van der Waals surface area (Å²) in [5.41, 5.74) is 1.69. The van der Waals surface area contributed by atoms with Crippen molar-refractivity contribution in [1.82, 2.24) is 4.72 Å². The zero-order valence-electron chi connectivity index (χ0n) is 15.4. The fraction of sp³-hybridized carbons (Fsp3) is 0.300. The quantitative estimate of drug-likeness (QED) is 0.526. The highest BCUT2D eigenvalue weighted by molar-refractivity contribution is 7.89. The first-order valence-corrected chi connectivity index (χ1v) is 10.2. The van der Waals surface area contributed by atoms with Crippen LogP contribution in [0.15, 0.2) is 53.4 Å². The normalized spacial score (nSPS) is 11.2. The van der Waals surface area contributed by atoms with Crippen LogP contribution in [-0.4, -0.2) is 33.8 Å². The summed E-state index contributed by atoms with van der Waals surface area (Å²) in [6.45, 7) is 1.71. The molecule has 0 saturated carbocycles. The topological polar surface area (TPSA) is 89.5 Å². The summed E-state index contributed by atoms with van der Waals surface area (Å²) in [6.07, 6.45) is 3.16. The summed E-state index contributed by atoms with van der Waals surface area (Å²) < 4.78 is 30.8. The van der Waals surface area contributed by atoms with E-state index in [0.717, 1.165) is 24.8 Å². The molecule has 0 aliphatic rings. The van der Waals surface area contributed by atoms with Crippen molar-refractivity contribution in [3.05, 3.63) is 65.2 Å². The molecule has 0 atom stereocenters. The Bertz CT molecular complexity index is 904. The maximum Gasteiger partial charge on any atom is 0.338 e. The van der Waals surface area contributed by atoms with Crippen molar-refractivity contribution in [2.24, 2.45) is 0 Å². The lowest BCUT2D eigenvalue weighted by Gasteiger charge is -2.07. The molecule has 0 spiro atoms. The van der Waals surface area contributed by atoms with Crippen molar-refractivity contribution in [3.63, 3.8) is 0 Å². The summed E-state index contributed by atoms with van der Waals surface area (Å²) in [5, 5.41) is 0. The molecule has 0 amide bonds. The van der Waals surface area contributed by atoms with E-state index in [1.165, 1.54) is 31.3 Å². The van der Waals surface area contributed by atoms with E-state index in [1.807, 2.05) is 12.1 Å². The molecule has 0 radical (unpaired) electrons. The van der Waals surface area contributed by atoms with Crippen LogP contribution in [0.2, 0.25) is 0 Å². The highest BCUT2D eigenvalue weighted by Gasteiger charge is 2.16. The number of rotatable bonds is 9. The summed E-state index contributed by atoms with van der Waals surface area (Å²) in [4.78, 5) is 24.3. The summed E-state index contributed by atoms with van der Waals surface area (Å²) in [6, 6.07) is 12.7. The molecule has 0 saturated heterocycles. The van der Waals surface area contributed by atoms with Crippen LogP contribution in [0.4, 0.5) is 0 Å². The van der Waals surface area contributed by atoms with Gasteiger partial charge in [-0.3, -0.25) is 4.79 Å². The van der Waals surface area contributed by atoms with Crippen LogP contribution in [0.1, 0.15) is 46.0 Å². The number of nitrogens with one attached hydrogen (secondary N) is 1. The smallest absolute Gasteiger partial charge is 0.338 e. The zero-order valence-corrected chi connectivity index (χ0v) is 16.2. The van der Waals surface area contributed by atoms with Crippen LogP contribution in [0, 0.1) is 0 Å². The number of benzene rings is 2. The van der Waals surface area contributed by atoms with Gasteiger partial charge in [0.05, 0.1) is 10.5 Å². The molecule has 0 fully saturated rings. The van der Waals surface area contributed by atoms with E-state index >= 15 is 0 Å². The summed E-state index contributed by atoms with van der Waals surface area (Å²) >= 11 is 0. The fourth-order valence-electron chi connectivity index (χ4n) is 2.44. The van der Waals surface area contributed by atoms with Gasteiger partial charge in [-0.1, -0.05) is 43.7 Å².